The Morgan fingerprint density at radius 3 is 2.32 bits per heavy atom. The van der Waals surface area contributed by atoms with Gasteiger partial charge in [0.1, 0.15) is 22.1 Å². The number of nitrogens with zero attached hydrogens (tertiary/aromatic N) is 4. The minimum atomic E-state index is 0.157. The number of rotatable bonds is 3. The Morgan fingerprint density at radius 1 is 0.784 bits per heavy atom. The minimum absolute atomic E-state index is 0.157. The van der Waals surface area contributed by atoms with Crippen LogP contribution in [-0.2, 0) is 0 Å². The molecule has 0 saturated heterocycles. The predicted octanol–water partition coefficient (Wildman–Crippen LogP) is 8.00. The summed E-state index contributed by atoms with van der Waals surface area (Å²) in [5.74, 6) is 0.157. The molecule has 0 amide bonds. The molecule has 0 aliphatic rings. The molecule has 174 valence electrons. The summed E-state index contributed by atoms with van der Waals surface area (Å²) in [5, 5.41) is 13.6. The predicted molar refractivity (Wildman–Crippen MR) is 151 cm³/mol. The first-order chi connectivity index (χ1) is 18.2. The SMILES string of the molecule is CN=Cc1nc(C#N)nc2sc3ccc(-c4cccc(-c5ccc6oc7ccccc7c6c5)c4)cc3c12. The number of hydrogen-bond donors (Lipinski definition) is 0. The van der Waals surface area contributed by atoms with Crippen molar-refractivity contribution in [3.05, 3.63) is 96.4 Å². The third-order valence-corrected chi connectivity index (χ3v) is 7.68. The van der Waals surface area contributed by atoms with E-state index in [2.05, 4.69) is 81.7 Å². The zero-order valence-electron chi connectivity index (χ0n) is 19.8. The van der Waals surface area contributed by atoms with E-state index in [1.54, 1.807) is 24.6 Å². The molecule has 7 aromatic rings. The average molecular weight is 495 g/mol. The Hall–Kier alpha value is -4.86. The maximum atomic E-state index is 9.36. The summed E-state index contributed by atoms with van der Waals surface area (Å²) < 4.78 is 7.11. The molecule has 4 aromatic carbocycles. The van der Waals surface area contributed by atoms with E-state index in [0.29, 0.717) is 5.69 Å². The first-order valence-corrected chi connectivity index (χ1v) is 12.6. The van der Waals surface area contributed by atoms with Gasteiger partial charge in [-0.3, -0.25) is 4.99 Å². The van der Waals surface area contributed by atoms with Crippen LogP contribution in [0, 0.1) is 11.3 Å². The van der Waals surface area contributed by atoms with E-state index < -0.39 is 0 Å². The van der Waals surface area contributed by atoms with Crippen LogP contribution in [-0.4, -0.2) is 23.2 Å². The smallest absolute Gasteiger partial charge is 0.234 e. The number of aliphatic imine (C=N–C) groups is 1. The van der Waals surface area contributed by atoms with Crippen LogP contribution in [0.15, 0.2) is 94.3 Å². The largest absolute Gasteiger partial charge is 0.456 e. The van der Waals surface area contributed by atoms with Gasteiger partial charge >= 0.3 is 0 Å². The van der Waals surface area contributed by atoms with Gasteiger partial charge in [-0.2, -0.15) is 5.26 Å². The van der Waals surface area contributed by atoms with Gasteiger partial charge in [-0.25, -0.2) is 9.97 Å². The van der Waals surface area contributed by atoms with Crippen molar-refractivity contribution in [1.82, 2.24) is 9.97 Å². The number of benzene rings is 4. The monoisotopic (exact) mass is 494 g/mol. The molecule has 0 saturated carbocycles. The number of nitriles is 1. The van der Waals surface area contributed by atoms with Gasteiger partial charge in [0.05, 0.1) is 5.69 Å². The molecule has 5 nitrogen and oxygen atoms in total. The molecule has 0 spiro atoms. The van der Waals surface area contributed by atoms with Crippen LogP contribution in [0.2, 0.25) is 0 Å². The van der Waals surface area contributed by atoms with Gasteiger partial charge in [-0.05, 0) is 58.7 Å². The van der Waals surface area contributed by atoms with Crippen LogP contribution >= 0.6 is 11.3 Å². The summed E-state index contributed by atoms with van der Waals surface area (Å²) in [4.78, 5) is 13.8. The lowest BCUT2D eigenvalue weighted by atomic mass is 9.97. The highest BCUT2D eigenvalue weighted by Crippen LogP contribution is 2.38. The zero-order chi connectivity index (χ0) is 24.9. The fourth-order valence-corrected chi connectivity index (χ4v) is 6.00. The van der Waals surface area contributed by atoms with Gasteiger partial charge in [0.25, 0.3) is 0 Å². The first kappa shape index (κ1) is 21.4. The molecule has 0 aliphatic heterocycles. The van der Waals surface area contributed by atoms with Crippen molar-refractivity contribution in [2.24, 2.45) is 4.99 Å². The molecule has 0 unspecified atom stereocenters. The molecule has 7 rings (SSSR count). The number of para-hydroxylation sites is 1. The van der Waals surface area contributed by atoms with Crippen LogP contribution in [0.1, 0.15) is 11.5 Å². The molecule has 0 radical (unpaired) electrons. The van der Waals surface area contributed by atoms with Crippen molar-refractivity contribution in [2.45, 2.75) is 0 Å². The second kappa shape index (κ2) is 8.37. The molecular weight excluding hydrogens is 476 g/mol. The van der Waals surface area contributed by atoms with Crippen LogP contribution in [0.4, 0.5) is 0 Å². The van der Waals surface area contributed by atoms with E-state index in [9.17, 15) is 5.26 Å². The summed E-state index contributed by atoms with van der Waals surface area (Å²) in [6, 6.07) is 31.6. The van der Waals surface area contributed by atoms with Crippen molar-refractivity contribution in [3.8, 4) is 28.3 Å². The number of fused-ring (bicyclic) bond motifs is 6. The molecular formula is C31H18N4OS. The van der Waals surface area contributed by atoms with Gasteiger partial charge in [-0.1, -0.05) is 48.5 Å². The van der Waals surface area contributed by atoms with E-state index in [4.69, 9.17) is 4.42 Å². The third-order valence-electron chi connectivity index (χ3n) is 6.62. The second-order valence-electron chi connectivity index (χ2n) is 8.81. The molecule has 37 heavy (non-hydrogen) atoms. The van der Waals surface area contributed by atoms with Crippen molar-refractivity contribution in [1.29, 1.82) is 5.26 Å². The van der Waals surface area contributed by atoms with E-state index in [0.717, 1.165) is 64.5 Å². The zero-order valence-corrected chi connectivity index (χ0v) is 20.6. The summed E-state index contributed by atoms with van der Waals surface area (Å²) in [6.45, 7) is 0. The number of thiophene rings is 1. The Labute approximate surface area is 216 Å². The van der Waals surface area contributed by atoms with E-state index in [-0.39, 0.29) is 5.82 Å². The van der Waals surface area contributed by atoms with Crippen LogP contribution < -0.4 is 0 Å². The Bertz CT molecular complexity index is 2080. The minimum Gasteiger partial charge on any atom is -0.456 e. The summed E-state index contributed by atoms with van der Waals surface area (Å²) >= 11 is 1.57. The third kappa shape index (κ3) is 3.48. The normalized spacial score (nSPS) is 11.8. The van der Waals surface area contributed by atoms with Crippen molar-refractivity contribution < 1.29 is 4.42 Å². The maximum absolute atomic E-state index is 9.36. The molecule has 0 aliphatic carbocycles. The fourth-order valence-electron chi connectivity index (χ4n) is 4.93. The molecule has 0 atom stereocenters. The first-order valence-electron chi connectivity index (χ1n) is 11.8. The van der Waals surface area contributed by atoms with Crippen LogP contribution in [0.3, 0.4) is 0 Å². The summed E-state index contributed by atoms with van der Waals surface area (Å²) in [6.07, 6.45) is 1.69. The Balaban J connectivity index is 1.37. The van der Waals surface area contributed by atoms with Crippen molar-refractivity contribution >= 4 is 59.8 Å². The Morgan fingerprint density at radius 2 is 1.51 bits per heavy atom. The van der Waals surface area contributed by atoms with Gasteiger partial charge in [-0.15, -0.1) is 11.3 Å². The van der Waals surface area contributed by atoms with E-state index in [1.807, 2.05) is 24.3 Å². The highest BCUT2D eigenvalue weighted by Gasteiger charge is 2.15. The number of aromatic nitrogens is 2. The van der Waals surface area contributed by atoms with Crippen molar-refractivity contribution in [3.63, 3.8) is 0 Å². The lowest BCUT2D eigenvalue weighted by molar-refractivity contribution is 0.669. The lowest BCUT2D eigenvalue weighted by Crippen LogP contribution is -1.95. The molecule has 3 heterocycles. The van der Waals surface area contributed by atoms with Crippen LogP contribution in [0.25, 0.3) is 64.5 Å². The van der Waals surface area contributed by atoms with Crippen molar-refractivity contribution in [2.75, 3.05) is 7.05 Å². The van der Waals surface area contributed by atoms with Gasteiger partial charge in [0.2, 0.25) is 5.82 Å². The van der Waals surface area contributed by atoms with Gasteiger partial charge in [0.15, 0.2) is 0 Å². The van der Waals surface area contributed by atoms with Crippen LogP contribution in [0.5, 0.6) is 0 Å². The second-order valence-corrected chi connectivity index (χ2v) is 9.85. The van der Waals surface area contributed by atoms with Gasteiger partial charge < -0.3 is 4.42 Å². The standard InChI is InChI=1S/C31H18N4OS/c1-33-17-25-30-24-15-21(10-12-28(24)37-31(30)35-29(16-32)34-25)19-6-4-5-18(13-19)20-9-11-27-23(14-20)22-7-2-3-8-26(22)36-27/h2-15,17H,1H3. The number of hydrogen-bond acceptors (Lipinski definition) is 6. The number of furan rings is 1. The molecule has 0 fully saturated rings. The molecule has 3 aromatic heterocycles. The summed E-state index contributed by atoms with van der Waals surface area (Å²) in [7, 11) is 1.70. The van der Waals surface area contributed by atoms with Gasteiger partial charge in [0, 0.05) is 39.5 Å². The average Bonchev–Trinajstić information content (AvgIpc) is 3.50. The molecule has 0 N–H and O–H groups in total. The highest BCUT2D eigenvalue weighted by atomic mass is 32.1. The van der Waals surface area contributed by atoms with E-state index >= 15 is 0 Å². The fraction of sp³-hybridized carbons (Fsp3) is 0.0323. The maximum Gasteiger partial charge on any atom is 0.234 e. The van der Waals surface area contributed by atoms with E-state index in [1.165, 1.54) is 0 Å². The molecule has 6 heteroatoms. The summed E-state index contributed by atoms with van der Waals surface area (Å²) in [5.41, 5.74) is 6.97. The Kier molecular flexibility index (Phi) is 4.85. The lowest BCUT2D eigenvalue weighted by Gasteiger charge is -2.07. The highest BCUT2D eigenvalue weighted by molar-refractivity contribution is 7.25. The topological polar surface area (TPSA) is 75.1 Å². The quantitative estimate of drug-likeness (QED) is 0.233. The molecule has 0 bridgehead atoms.